The van der Waals surface area contributed by atoms with Crippen LogP contribution in [0, 0.1) is 12.7 Å². The topological polar surface area (TPSA) is 91.9 Å². The van der Waals surface area contributed by atoms with Crippen molar-refractivity contribution in [3.05, 3.63) is 82.4 Å². The van der Waals surface area contributed by atoms with Gasteiger partial charge in [0.05, 0.1) is 17.0 Å². The Balaban J connectivity index is 1.78. The first-order valence-electron chi connectivity index (χ1n) is 10.3. The van der Waals surface area contributed by atoms with Crippen LogP contribution in [0.5, 0.6) is 0 Å². The number of ketones is 1. The number of hydrogen-bond donors (Lipinski definition) is 2. The number of H-pyrrole nitrogens is 1. The normalized spacial score (nSPS) is 11.6. The van der Waals surface area contributed by atoms with Crippen molar-refractivity contribution in [2.45, 2.75) is 20.3 Å². The monoisotopic (exact) mass is 485 g/mol. The van der Waals surface area contributed by atoms with Crippen molar-refractivity contribution in [1.82, 2.24) is 9.97 Å². The SMILES string of the molecule is CCCS(=O)(=O)Nc1ccc(F)c(C(=O)c2c[nH]c3ncc(-c4ccc(Cl)cc4)cc23)c1C. The average molecular weight is 486 g/mol. The summed E-state index contributed by atoms with van der Waals surface area (Å²) in [6.45, 7) is 3.27. The summed E-state index contributed by atoms with van der Waals surface area (Å²) in [4.78, 5) is 20.7. The van der Waals surface area contributed by atoms with Crippen molar-refractivity contribution in [3.63, 3.8) is 0 Å². The average Bonchev–Trinajstić information content (AvgIpc) is 3.19. The van der Waals surface area contributed by atoms with Crippen LogP contribution in [0.2, 0.25) is 5.02 Å². The largest absolute Gasteiger partial charge is 0.345 e. The Morgan fingerprint density at radius 3 is 2.58 bits per heavy atom. The minimum absolute atomic E-state index is 0.0747. The quantitative estimate of drug-likeness (QED) is 0.328. The molecule has 0 saturated carbocycles. The van der Waals surface area contributed by atoms with Crippen LogP contribution in [0.1, 0.15) is 34.8 Å². The number of rotatable bonds is 7. The predicted octanol–water partition coefficient (Wildman–Crippen LogP) is 5.71. The maximum Gasteiger partial charge on any atom is 0.232 e. The molecule has 6 nitrogen and oxygen atoms in total. The number of benzene rings is 2. The van der Waals surface area contributed by atoms with E-state index in [2.05, 4.69) is 14.7 Å². The van der Waals surface area contributed by atoms with Crippen LogP contribution in [0.4, 0.5) is 10.1 Å². The highest BCUT2D eigenvalue weighted by atomic mass is 35.5. The van der Waals surface area contributed by atoms with E-state index in [0.29, 0.717) is 22.5 Å². The number of nitrogens with zero attached hydrogens (tertiary/aromatic N) is 1. The number of carbonyl (C=O) groups is 1. The lowest BCUT2D eigenvalue weighted by Gasteiger charge is -2.14. The molecule has 9 heteroatoms. The number of aromatic nitrogens is 2. The molecule has 2 heterocycles. The van der Waals surface area contributed by atoms with Gasteiger partial charge in [0.1, 0.15) is 11.5 Å². The molecular formula is C24H21ClFN3O3S. The molecule has 4 aromatic rings. The molecule has 0 spiro atoms. The van der Waals surface area contributed by atoms with Gasteiger partial charge in [-0.1, -0.05) is 30.7 Å². The predicted molar refractivity (Wildman–Crippen MR) is 129 cm³/mol. The van der Waals surface area contributed by atoms with Crippen LogP contribution in [-0.4, -0.2) is 29.9 Å². The molecule has 170 valence electrons. The van der Waals surface area contributed by atoms with Crippen molar-refractivity contribution in [3.8, 4) is 11.1 Å². The Morgan fingerprint density at radius 2 is 1.88 bits per heavy atom. The number of pyridine rings is 1. The second-order valence-corrected chi connectivity index (χ2v) is 9.95. The summed E-state index contributed by atoms with van der Waals surface area (Å²) in [5.74, 6) is -1.37. The van der Waals surface area contributed by atoms with E-state index in [1.807, 2.05) is 12.1 Å². The zero-order valence-electron chi connectivity index (χ0n) is 17.9. The summed E-state index contributed by atoms with van der Waals surface area (Å²) >= 11 is 5.97. The van der Waals surface area contributed by atoms with Gasteiger partial charge in [0.25, 0.3) is 0 Å². The summed E-state index contributed by atoms with van der Waals surface area (Å²) < 4.78 is 41.7. The first-order valence-corrected chi connectivity index (χ1v) is 12.3. The maximum absolute atomic E-state index is 14.8. The summed E-state index contributed by atoms with van der Waals surface area (Å²) in [5.41, 5.74) is 2.56. The molecule has 0 radical (unpaired) electrons. The van der Waals surface area contributed by atoms with E-state index in [9.17, 15) is 17.6 Å². The van der Waals surface area contributed by atoms with Crippen LogP contribution < -0.4 is 4.72 Å². The van der Waals surface area contributed by atoms with Gasteiger partial charge >= 0.3 is 0 Å². The van der Waals surface area contributed by atoms with Crippen LogP contribution in [-0.2, 0) is 10.0 Å². The zero-order valence-corrected chi connectivity index (χ0v) is 19.5. The summed E-state index contributed by atoms with van der Waals surface area (Å²) in [5, 5.41) is 1.13. The summed E-state index contributed by atoms with van der Waals surface area (Å²) in [6, 6.07) is 11.4. The van der Waals surface area contributed by atoms with Crippen molar-refractivity contribution in [2.24, 2.45) is 0 Å². The van der Waals surface area contributed by atoms with Crippen molar-refractivity contribution in [1.29, 1.82) is 0 Å². The van der Waals surface area contributed by atoms with Gasteiger partial charge in [0.15, 0.2) is 5.78 Å². The highest BCUT2D eigenvalue weighted by Gasteiger charge is 2.23. The van der Waals surface area contributed by atoms with E-state index in [4.69, 9.17) is 11.6 Å². The number of carbonyl (C=O) groups excluding carboxylic acids is 1. The second kappa shape index (κ2) is 8.96. The van der Waals surface area contributed by atoms with Crippen molar-refractivity contribution in [2.75, 3.05) is 10.5 Å². The van der Waals surface area contributed by atoms with Crippen molar-refractivity contribution >= 4 is 44.1 Å². The van der Waals surface area contributed by atoms with Crippen molar-refractivity contribution < 1.29 is 17.6 Å². The third-order valence-electron chi connectivity index (χ3n) is 5.33. The van der Waals surface area contributed by atoms with E-state index in [1.165, 1.54) is 19.2 Å². The van der Waals surface area contributed by atoms with E-state index in [0.717, 1.165) is 17.2 Å². The molecule has 0 bridgehead atoms. The Hall–Kier alpha value is -3.23. The number of fused-ring (bicyclic) bond motifs is 1. The van der Waals surface area contributed by atoms with E-state index < -0.39 is 21.6 Å². The highest BCUT2D eigenvalue weighted by molar-refractivity contribution is 7.92. The van der Waals surface area contributed by atoms with E-state index in [-0.39, 0.29) is 28.1 Å². The summed E-state index contributed by atoms with van der Waals surface area (Å²) in [6.07, 6.45) is 3.59. The van der Waals surface area contributed by atoms with Gasteiger partial charge in [-0.05, 0) is 54.8 Å². The fraction of sp³-hybridized carbons (Fsp3) is 0.167. The summed E-state index contributed by atoms with van der Waals surface area (Å²) in [7, 11) is -3.60. The molecule has 2 aromatic heterocycles. The molecule has 0 unspecified atom stereocenters. The van der Waals surface area contributed by atoms with Gasteiger partial charge in [-0.3, -0.25) is 9.52 Å². The molecule has 0 fully saturated rings. The van der Waals surface area contributed by atoms with Gasteiger partial charge in [-0.15, -0.1) is 0 Å². The second-order valence-electron chi connectivity index (χ2n) is 7.67. The smallest absolute Gasteiger partial charge is 0.232 e. The first-order chi connectivity index (χ1) is 15.7. The standard InChI is InChI=1S/C24H21ClFN3O3S/c1-3-10-33(31,32)29-21-9-8-20(26)22(14(21)2)23(30)19-13-28-24-18(19)11-16(12-27-24)15-4-6-17(25)7-5-15/h4-9,11-13,29H,3,10H2,1-2H3,(H,27,28). The van der Waals surface area contributed by atoms with Crippen LogP contribution in [0.25, 0.3) is 22.2 Å². The molecule has 0 aliphatic heterocycles. The first kappa shape index (κ1) is 22.9. The Morgan fingerprint density at radius 1 is 1.15 bits per heavy atom. The lowest BCUT2D eigenvalue weighted by molar-refractivity contribution is 0.103. The fourth-order valence-corrected chi connectivity index (χ4v) is 5.00. The van der Waals surface area contributed by atoms with Crippen LogP contribution in [0.15, 0.2) is 54.9 Å². The fourth-order valence-electron chi connectivity index (χ4n) is 3.68. The molecule has 0 atom stereocenters. The third kappa shape index (κ3) is 4.62. The van der Waals surface area contributed by atoms with Gasteiger partial charge in [0.2, 0.25) is 10.0 Å². The molecule has 2 N–H and O–H groups in total. The molecule has 33 heavy (non-hydrogen) atoms. The number of nitrogens with one attached hydrogen (secondary N) is 2. The molecule has 4 rings (SSSR count). The molecular weight excluding hydrogens is 465 g/mol. The Bertz CT molecular complexity index is 1460. The molecule has 0 aliphatic rings. The number of anilines is 1. The molecule has 2 aromatic carbocycles. The Kier molecular flexibility index (Phi) is 6.23. The molecule has 0 amide bonds. The van der Waals surface area contributed by atoms with E-state index >= 15 is 0 Å². The lowest BCUT2D eigenvalue weighted by atomic mass is 9.96. The maximum atomic E-state index is 14.8. The molecule has 0 aliphatic carbocycles. The van der Waals surface area contributed by atoms with Gasteiger partial charge in [-0.2, -0.15) is 0 Å². The number of sulfonamides is 1. The molecule has 0 saturated heterocycles. The highest BCUT2D eigenvalue weighted by Crippen LogP contribution is 2.30. The Labute approximate surface area is 195 Å². The minimum Gasteiger partial charge on any atom is -0.345 e. The van der Waals surface area contributed by atoms with E-state index in [1.54, 1.807) is 31.3 Å². The lowest BCUT2D eigenvalue weighted by Crippen LogP contribution is -2.18. The number of hydrogen-bond acceptors (Lipinski definition) is 4. The van der Waals surface area contributed by atoms with Gasteiger partial charge in [0, 0.05) is 33.9 Å². The number of halogens is 2. The van der Waals surface area contributed by atoms with Gasteiger partial charge in [-0.25, -0.2) is 17.8 Å². The van der Waals surface area contributed by atoms with Gasteiger partial charge < -0.3 is 4.98 Å². The van der Waals surface area contributed by atoms with Crippen LogP contribution >= 0.6 is 11.6 Å². The number of aromatic amines is 1. The minimum atomic E-state index is -3.60. The third-order valence-corrected chi connectivity index (χ3v) is 7.06. The van der Waals surface area contributed by atoms with Crippen LogP contribution in [0.3, 0.4) is 0 Å². The zero-order chi connectivity index (χ0) is 23.8.